The van der Waals surface area contributed by atoms with E-state index >= 15 is 0 Å². The second kappa shape index (κ2) is 4.56. The zero-order valence-electron chi connectivity index (χ0n) is 8.34. The van der Waals surface area contributed by atoms with Gasteiger partial charge >= 0.3 is 0 Å². The first-order valence-electron chi connectivity index (χ1n) is 4.64. The van der Waals surface area contributed by atoms with E-state index in [1.807, 2.05) is 6.92 Å². The van der Waals surface area contributed by atoms with Gasteiger partial charge < -0.3 is 0 Å². The zero-order chi connectivity index (χ0) is 9.84. The molecule has 72 valence electrons. The fourth-order valence-electron chi connectivity index (χ4n) is 1.30. The summed E-state index contributed by atoms with van der Waals surface area (Å²) in [7, 11) is 0. The third-order valence-electron chi connectivity index (χ3n) is 2.13. The van der Waals surface area contributed by atoms with Gasteiger partial charge in [0.15, 0.2) is 0 Å². The molecule has 1 aromatic rings. The van der Waals surface area contributed by atoms with Gasteiger partial charge in [0, 0.05) is 0 Å². The molecule has 3 heteroatoms. The van der Waals surface area contributed by atoms with Gasteiger partial charge in [-0.05, 0) is 19.3 Å². The summed E-state index contributed by atoms with van der Waals surface area (Å²) in [6, 6.07) is 0. The van der Waals surface area contributed by atoms with Crippen LogP contribution >= 0.6 is 11.6 Å². The summed E-state index contributed by atoms with van der Waals surface area (Å²) < 4.78 is 0. The van der Waals surface area contributed by atoms with Crippen LogP contribution in [0.1, 0.15) is 44.0 Å². The van der Waals surface area contributed by atoms with Crippen LogP contribution in [0.2, 0.25) is 5.15 Å². The summed E-state index contributed by atoms with van der Waals surface area (Å²) in [5, 5.41) is 0.507. The minimum atomic E-state index is 0.480. The Kier molecular flexibility index (Phi) is 3.67. The average Bonchev–Trinajstić information content (AvgIpc) is 2.10. The third-order valence-corrected chi connectivity index (χ3v) is 2.50. The normalized spacial score (nSPS) is 12.9. The Bertz CT molecular complexity index is 286. The van der Waals surface area contributed by atoms with Gasteiger partial charge in [0.05, 0.1) is 17.6 Å². The van der Waals surface area contributed by atoms with E-state index in [0.29, 0.717) is 11.1 Å². The van der Waals surface area contributed by atoms with E-state index in [1.54, 1.807) is 6.20 Å². The van der Waals surface area contributed by atoms with Crippen LogP contribution < -0.4 is 0 Å². The molecule has 1 unspecified atom stereocenters. The average molecular weight is 199 g/mol. The van der Waals surface area contributed by atoms with Crippen LogP contribution in [0.3, 0.4) is 0 Å². The number of hydrogen-bond acceptors (Lipinski definition) is 2. The molecular weight excluding hydrogens is 184 g/mol. The van der Waals surface area contributed by atoms with Gasteiger partial charge in [-0.25, -0.2) is 4.98 Å². The fraction of sp³-hybridized carbons (Fsp3) is 0.600. The summed E-state index contributed by atoms with van der Waals surface area (Å²) in [5.41, 5.74) is 1.87. The maximum atomic E-state index is 5.79. The van der Waals surface area contributed by atoms with Crippen LogP contribution in [0.5, 0.6) is 0 Å². The largest absolute Gasteiger partial charge is 0.253 e. The monoisotopic (exact) mass is 198 g/mol. The molecule has 0 saturated carbocycles. The number of aromatic nitrogens is 2. The first-order valence-corrected chi connectivity index (χ1v) is 5.02. The smallest absolute Gasteiger partial charge is 0.150 e. The number of halogens is 1. The second-order valence-electron chi connectivity index (χ2n) is 3.36. The standard InChI is InChI=1S/C10H15ClN2/c1-4-5-7(2)9-6-12-10(11)8(3)13-9/h6-7H,4-5H2,1-3H3. The van der Waals surface area contributed by atoms with Crippen molar-refractivity contribution in [3.63, 3.8) is 0 Å². The highest BCUT2D eigenvalue weighted by molar-refractivity contribution is 6.29. The van der Waals surface area contributed by atoms with Crippen molar-refractivity contribution >= 4 is 11.6 Å². The van der Waals surface area contributed by atoms with E-state index in [4.69, 9.17) is 11.6 Å². The first-order chi connectivity index (χ1) is 6.15. The Morgan fingerprint density at radius 3 is 2.77 bits per heavy atom. The third kappa shape index (κ3) is 2.66. The van der Waals surface area contributed by atoms with Crippen molar-refractivity contribution in [2.45, 2.75) is 39.5 Å². The number of nitrogens with zero attached hydrogens (tertiary/aromatic N) is 2. The molecule has 1 rings (SSSR count). The van der Waals surface area contributed by atoms with Crippen molar-refractivity contribution in [2.75, 3.05) is 0 Å². The number of aryl methyl sites for hydroxylation is 1. The Morgan fingerprint density at radius 1 is 1.54 bits per heavy atom. The predicted octanol–water partition coefficient (Wildman–Crippen LogP) is 3.34. The molecule has 0 aliphatic carbocycles. The fourth-order valence-corrected chi connectivity index (χ4v) is 1.39. The molecule has 0 saturated heterocycles. The van der Waals surface area contributed by atoms with Crippen molar-refractivity contribution in [1.82, 2.24) is 9.97 Å². The lowest BCUT2D eigenvalue weighted by Crippen LogP contribution is -2.00. The Morgan fingerprint density at radius 2 is 2.23 bits per heavy atom. The van der Waals surface area contributed by atoms with Crippen molar-refractivity contribution < 1.29 is 0 Å². The number of rotatable bonds is 3. The van der Waals surface area contributed by atoms with Gasteiger partial charge in [-0.1, -0.05) is 31.9 Å². The molecule has 13 heavy (non-hydrogen) atoms. The maximum Gasteiger partial charge on any atom is 0.150 e. The van der Waals surface area contributed by atoms with Crippen molar-refractivity contribution in [3.8, 4) is 0 Å². The first kappa shape index (κ1) is 10.5. The van der Waals surface area contributed by atoms with Crippen molar-refractivity contribution in [1.29, 1.82) is 0 Å². The molecule has 0 bridgehead atoms. The predicted molar refractivity (Wildman–Crippen MR) is 55.1 cm³/mol. The van der Waals surface area contributed by atoms with E-state index in [9.17, 15) is 0 Å². The van der Waals surface area contributed by atoms with Crippen LogP contribution in [-0.4, -0.2) is 9.97 Å². The molecule has 2 nitrogen and oxygen atoms in total. The van der Waals surface area contributed by atoms with Crippen LogP contribution in [0.25, 0.3) is 0 Å². The molecule has 0 spiro atoms. The summed E-state index contributed by atoms with van der Waals surface area (Å²) in [5.74, 6) is 0.480. The minimum Gasteiger partial charge on any atom is -0.253 e. The molecule has 0 aliphatic rings. The Labute approximate surface area is 84.4 Å². The molecule has 0 aliphatic heterocycles. The maximum absolute atomic E-state index is 5.79. The second-order valence-corrected chi connectivity index (χ2v) is 3.72. The molecule has 1 aromatic heterocycles. The summed E-state index contributed by atoms with van der Waals surface area (Å²) in [4.78, 5) is 8.48. The zero-order valence-corrected chi connectivity index (χ0v) is 9.10. The SMILES string of the molecule is CCCC(C)c1cnc(Cl)c(C)n1. The van der Waals surface area contributed by atoms with Gasteiger partial charge in [-0.2, -0.15) is 0 Å². The van der Waals surface area contributed by atoms with Crippen LogP contribution in [0.4, 0.5) is 0 Å². The minimum absolute atomic E-state index is 0.480. The Hall–Kier alpha value is -0.630. The quantitative estimate of drug-likeness (QED) is 0.745. The van der Waals surface area contributed by atoms with E-state index in [-0.39, 0.29) is 0 Å². The van der Waals surface area contributed by atoms with Gasteiger partial charge in [0.2, 0.25) is 0 Å². The molecule has 0 amide bonds. The molecule has 0 radical (unpaired) electrons. The molecule has 0 N–H and O–H groups in total. The van der Waals surface area contributed by atoms with Gasteiger partial charge in [0.25, 0.3) is 0 Å². The molecule has 1 atom stereocenters. The lowest BCUT2D eigenvalue weighted by atomic mass is 10.0. The highest BCUT2D eigenvalue weighted by atomic mass is 35.5. The molecule has 0 aromatic carbocycles. The van der Waals surface area contributed by atoms with Crippen LogP contribution in [-0.2, 0) is 0 Å². The summed E-state index contributed by atoms with van der Waals surface area (Å²) in [6.07, 6.45) is 4.09. The van der Waals surface area contributed by atoms with Crippen molar-refractivity contribution in [3.05, 3.63) is 22.7 Å². The summed E-state index contributed by atoms with van der Waals surface area (Å²) >= 11 is 5.79. The molecule has 0 fully saturated rings. The van der Waals surface area contributed by atoms with Crippen LogP contribution in [0, 0.1) is 6.92 Å². The van der Waals surface area contributed by atoms with Crippen molar-refractivity contribution in [2.24, 2.45) is 0 Å². The van der Waals surface area contributed by atoms with E-state index < -0.39 is 0 Å². The van der Waals surface area contributed by atoms with Gasteiger partial charge in [0.1, 0.15) is 5.15 Å². The van der Waals surface area contributed by atoms with Gasteiger partial charge in [-0.15, -0.1) is 0 Å². The lowest BCUT2D eigenvalue weighted by molar-refractivity contribution is 0.642. The topological polar surface area (TPSA) is 25.8 Å². The molecular formula is C10H15ClN2. The van der Waals surface area contributed by atoms with E-state index in [0.717, 1.165) is 17.8 Å². The Balaban J connectivity index is 2.84. The number of hydrogen-bond donors (Lipinski definition) is 0. The van der Waals surface area contributed by atoms with E-state index in [2.05, 4.69) is 23.8 Å². The highest BCUT2D eigenvalue weighted by Gasteiger charge is 2.07. The molecule has 1 heterocycles. The highest BCUT2D eigenvalue weighted by Crippen LogP contribution is 2.19. The summed E-state index contributed by atoms with van der Waals surface area (Å²) in [6.45, 7) is 6.23. The van der Waals surface area contributed by atoms with E-state index in [1.165, 1.54) is 6.42 Å². The van der Waals surface area contributed by atoms with Gasteiger partial charge in [-0.3, -0.25) is 4.98 Å². The lowest BCUT2D eigenvalue weighted by Gasteiger charge is -2.09. The van der Waals surface area contributed by atoms with Crippen LogP contribution in [0.15, 0.2) is 6.20 Å².